The fraction of sp³-hybridized carbons (Fsp3) is 0.474. The highest BCUT2D eigenvalue weighted by molar-refractivity contribution is 6.90. The number of fused-ring (bicyclic) bond motifs is 1. The molecule has 0 aliphatic heterocycles. The molecule has 21 heavy (non-hydrogen) atoms. The summed E-state index contributed by atoms with van der Waals surface area (Å²) in [4.78, 5) is 0. The molecular formula is C19H27NSi. The normalized spacial score (nSPS) is 12.2. The van der Waals surface area contributed by atoms with E-state index in [9.17, 15) is 0 Å². The molecule has 0 amide bonds. The average Bonchev–Trinajstić information content (AvgIpc) is 2.82. The lowest BCUT2D eigenvalue weighted by Crippen LogP contribution is -2.43. The molecule has 0 unspecified atom stereocenters. The molecule has 0 saturated carbocycles. The van der Waals surface area contributed by atoms with Gasteiger partial charge in [-0.25, -0.2) is 0 Å². The molecule has 2 aromatic rings. The third kappa shape index (κ3) is 2.80. The Hall–Kier alpha value is -1.46. The van der Waals surface area contributed by atoms with Crippen molar-refractivity contribution in [2.45, 2.75) is 58.2 Å². The fourth-order valence-corrected chi connectivity index (χ4v) is 8.95. The number of aromatic nitrogens is 1. The SMILES string of the molecule is CC(C)[Si](C#Cn1ccc2ccccc21)(C(C)C)C(C)C. The van der Waals surface area contributed by atoms with Crippen LogP contribution < -0.4 is 0 Å². The van der Waals surface area contributed by atoms with E-state index in [-0.39, 0.29) is 0 Å². The molecule has 0 radical (unpaired) electrons. The highest BCUT2D eigenvalue weighted by atomic mass is 28.3. The molecule has 0 saturated heterocycles. The molecule has 1 nitrogen and oxygen atoms in total. The molecule has 1 aromatic carbocycles. The van der Waals surface area contributed by atoms with Gasteiger partial charge in [0.05, 0.1) is 5.52 Å². The Morgan fingerprint density at radius 2 is 1.43 bits per heavy atom. The van der Waals surface area contributed by atoms with Crippen molar-refractivity contribution >= 4 is 19.0 Å². The summed E-state index contributed by atoms with van der Waals surface area (Å²) in [6, 6.07) is 14.1. The van der Waals surface area contributed by atoms with Gasteiger partial charge in [0, 0.05) is 17.6 Å². The van der Waals surface area contributed by atoms with Crippen molar-refractivity contribution in [3.05, 3.63) is 36.5 Å². The highest BCUT2D eigenvalue weighted by Gasteiger charge is 2.41. The molecule has 0 bridgehead atoms. The Labute approximate surface area is 130 Å². The Balaban J connectivity index is 2.52. The Morgan fingerprint density at radius 1 is 0.857 bits per heavy atom. The number of nitrogens with zero attached hydrogens (tertiary/aromatic N) is 1. The van der Waals surface area contributed by atoms with Crippen molar-refractivity contribution in [1.29, 1.82) is 0 Å². The summed E-state index contributed by atoms with van der Waals surface area (Å²) in [5, 5.41) is 1.26. The first-order valence-corrected chi connectivity index (χ1v) is 10.2. The molecule has 0 N–H and O–H groups in total. The van der Waals surface area contributed by atoms with Crippen LogP contribution in [0.3, 0.4) is 0 Å². The van der Waals surface area contributed by atoms with E-state index in [1.807, 2.05) is 0 Å². The van der Waals surface area contributed by atoms with Crippen LogP contribution in [0.1, 0.15) is 41.5 Å². The smallest absolute Gasteiger partial charge is 0.148 e. The van der Waals surface area contributed by atoms with Crippen molar-refractivity contribution < 1.29 is 0 Å². The lowest BCUT2D eigenvalue weighted by atomic mass is 10.2. The summed E-state index contributed by atoms with van der Waals surface area (Å²) in [5.41, 5.74) is 7.01. The summed E-state index contributed by atoms with van der Waals surface area (Å²) >= 11 is 0. The van der Waals surface area contributed by atoms with Crippen LogP contribution in [0, 0.1) is 11.6 Å². The van der Waals surface area contributed by atoms with Gasteiger partial charge in [-0.05, 0) is 28.8 Å². The fourth-order valence-electron chi connectivity index (χ4n) is 3.77. The van der Waals surface area contributed by atoms with Gasteiger partial charge in [-0.1, -0.05) is 59.7 Å². The Morgan fingerprint density at radius 3 is 2.00 bits per heavy atom. The topological polar surface area (TPSA) is 4.93 Å². The van der Waals surface area contributed by atoms with Crippen LogP contribution in [0.5, 0.6) is 0 Å². The monoisotopic (exact) mass is 297 g/mol. The number of rotatable bonds is 3. The van der Waals surface area contributed by atoms with E-state index in [0.717, 1.165) is 0 Å². The maximum absolute atomic E-state index is 3.78. The molecule has 0 aliphatic carbocycles. The second-order valence-electron chi connectivity index (χ2n) is 6.88. The van der Waals surface area contributed by atoms with Crippen molar-refractivity contribution in [2.24, 2.45) is 0 Å². The van der Waals surface area contributed by atoms with Crippen molar-refractivity contribution in [1.82, 2.24) is 4.57 Å². The molecule has 0 fully saturated rings. The molecule has 2 heteroatoms. The number of para-hydroxylation sites is 1. The molecule has 1 aromatic heterocycles. The van der Waals surface area contributed by atoms with E-state index in [1.54, 1.807) is 0 Å². The van der Waals surface area contributed by atoms with Crippen molar-refractivity contribution in [2.75, 3.05) is 0 Å². The number of hydrogen-bond acceptors (Lipinski definition) is 0. The standard InChI is InChI=1S/C19H27NSi/c1-15(2)21(16(3)4,17(5)6)14-13-20-12-11-18-9-7-8-10-19(18)20/h7-12,15-17H,1-6H3. The summed E-state index contributed by atoms with van der Waals surface area (Å²) < 4.78 is 2.10. The van der Waals surface area contributed by atoms with Crippen LogP contribution in [-0.2, 0) is 0 Å². The van der Waals surface area contributed by atoms with Gasteiger partial charge >= 0.3 is 0 Å². The third-order valence-electron chi connectivity index (χ3n) is 4.86. The van der Waals surface area contributed by atoms with Gasteiger partial charge in [0.25, 0.3) is 0 Å². The van der Waals surface area contributed by atoms with Gasteiger partial charge in [-0.15, -0.1) is 5.54 Å². The molecule has 1 heterocycles. The maximum atomic E-state index is 3.78. The second kappa shape index (κ2) is 6.11. The highest BCUT2D eigenvalue weighted by Crippen LogP contribution is 2.40. The predicted molar refractivity (Wildman–Crippen MR) is 96.2 cm³/mol. The first kappa shape index (κ1) is 15.9. The van der Waals surface area contributed by atoms with Crippen LogP contribution in [-0.4, -0.2) is 12.6 Å². The van der Waals surface area contributed by atoms with E-state index >= 15 is 0 Å². The summed E-state index contributed by atoms with van der Waals surface area (Å²) in [5.74, 6) is 0. The zero-order chi connectivity index (χ0) is 15.6. The second-order valence-corrected chi connectivity index (χ2v) is 12.5. The van der Waals surface area contributed by atoms with E-state index in [2.05, 4.69) is 94.2 Å². The van der Waals surface area contributed by atoms with Crippen LogP contribution in [0.2, 0.25) is 16.6 Å². The third-order valence-corrected chi connectivity index (χ3v) is 11.1. The minimum atomic E-state index is -1.65. The minimum Gasteiger partial charge on any atom is -0.277 e. The Kier molecular flexibility index (Phi) is 4.63. The molecular weight excluding hydrogens is 270 g/mol. The van der Waals surface area contributed by atoms with Crippen molar-refractivity contribution in [3.8, 4) is 11.6 Å². The van der Waals surface area contributed by atoms with E-state index in [1.165, 1.54) is 10.9 Å². The Bertz CT molecular complexity index is 646. The van der Waals surface area contributed by atoms with E-state index in [4.69, 9.17) is 0 Å². The minimum absolute atomic E-state index is 0.673. The van der Waals surface area contributed by atoms with Crippen LogP contribution in [0.25, 0.3) is 10.9 Å². The summed E-state index contributed by atoms with van der Waals surface area (Å²) in [6.45, 7) is 14.1. The summed E-state index contributed by atoms with van der Waals surface area (Å²) in [6.07, 6.45) is 2.10. The average molecular weight is 298 g/mol. The molecule has 112 valence electrons. The predicted octanol–water partition coefficient (Wildman–Crippen LogP) is 5.67. The van der Waals surface area contributed by atoms with Crippen LogP contribution in [0.4, 0.5) is 0 Å². The largest absolute Gasteiger partial charge is 0.277 e. The molecule has 2 rings (SSSR count). The van der Waals surface area contributed by atoms with Gasteiger partial charge in [0.1, 0.15) is 8.07 Å². The molecule has 0 atom stereocenters. The van der Waals surface area contributed by atoms with Crippen LogP contribution >= 0.6 is 0 Å². The first-order valence-electron chi connectivity index (χ1n) is 7.98. The van der Waals surface area contributed by atoms with Crippen molar-refractivity contribution in [3.63, 3.8) is 0 Å². The van der Waals surface area contributed by atoms with Crippen LogP contribution in [0.15, 0.2) is 36.5 Å². The lowest BCUT2D eigenvalue weighted by molar-refractivity contribution is 0.838. The quantitative estimate of drug-likeness (QED) is 0.508. The first-order chi connectivity index (χ1) is 9.89. The van der Waals surface area contributed by atoms with E-state index < -0.39 is 8.07 Å². The zero-order valence-corrected chi connectivity index (χ0v) is 15.1. The summed E-state index contributed by atoms with van der Waals surface area (Å²) in [7, 11) is -1.65. The van der Waals surface area contributed by atoms with Gasteiger partial charge in [-0.2, -0.15) is 0 Å². The van der Waals surface area contributed by atoms with Gasteiger partial charge in [-0.3, -0.25) is 4.57 Å². The van der Waals surface area contributed by atoms with Gasteiger partial charge in [0.15, 0.2) is 0 Å². The zero-order valence-electron chi connectivity index (χ0n) is 14.1. The lowest BCUT2D eigenvalue weighted by Gasteiger charge is -2.37. The van der Waals surface area contributed by atoms with Gasteiger partial charge < -0.3 is 0 Å². The number of hydrogen-bond donors (Lipinski definition) is 0. The molecule has 0 aliphatic rings. The number of benzene rings is 1. The maximum Gasteiger partial charge on any atom is 0.148 e. The van der Waals surface area contributed by atoms with E-state index in [0.29, 0.717) is 16.6 Å². The molecule has 0 spiro atoms. The van der Waals surface area contributed by atoms with Gasteiger partial charge in [0.2, 0.25) is 0 Å².